The summed E-state index contributed by atoms with van der Waals surface area (Å²) in [4.78, 5) is 24.3. The van der Waals surface area contributed by atoms with E-state index in [1.54, 1.807) is 24.3 Å². The van der Waals surface area contributed by atoms with Crippen molar-refractivity contribution in [2.75, 3.05) is 5.32 Å². The number of allylic oxidation sites excluding steroid dienone is 1. The highest BCUT2D eigenvalue weighted by Crippen LogP contribution is 2.39. The molecule has 1 atom stereocenters. The minimum absolute atomic E-state index is 0.300. The molecule has 2 aromatic rings. The Bertz CT molecular complexity index is 801. The van der Waals surface area contributed by atoms with Crippen molar-refractivity contribution in [2.45, 2.75) is 12.0 Å². The average Bonchev–Trinajstić information content (AvgIpc) is 2.78. The molecule has 0 saturated heterocycles. The van der Waals surface area contributed by atoms with Crippen molar-refractivity contribution in [3.8, 4) is 0 Å². The number of nitrogens with one attached hydrogen (secondary N) is 1. The molecule has 2 aromatic carbocycles. The fraction of sp³-hybridized carbons (Fsp3) is 0.111. The lowest BCUT2D eigenvalue weighted by atomic mass is 9.90. The van der Waals surface area contributed by atoms with Gasteiger partial charge in [0.1, 0.15) is 0 Å². The summed E-state index contributed by atoms with van der Waals surface area (Å²) in [6.07, 6.45) is 2.75. The number of rotatable bonds is 4. The zero-order chi connectivity index (χ0) is 16.4. The minimum atomic E-state index is -1.84. The van der Waals surface area contributed by atoms with Gasteiger partial charge in [-0.25, -0.2) is 0 Å². The Morgan fingerprint density at radius 2 is 1.96 bits per heavy atom. The Morgan fingerprint density at radius 3 is 2.70 bits per heavy atom. The van der Waals surface area contributed by atoms with Gasteiger partial charge in [-0.1, -0.05) is 52.3 Å². The molecular weight excluding hydrogens is 358 g/mol. The summed E-state index contributed by atoms with van der Waals surface area (Å²) in [5.41, 5.74) is -0.0113. The summed E-state index contributed by atoms with van der Waals surface area (Å²) in [7, 11) is 0. The maximum Gasteiger partial charge on any atom is 0.261 e. The monoisotopic (exact) mass is 371 g/mol. The second kappa shape index (κ2) is 6.10. The molecule has 4 nitrogen and oxygen atoms in total. The molecule has 3 rings (SSSR count). The number of carbonyl (C=O) groups excluding carboxylic acids is 2. The molecule has 1 amide bonds. The van der Waals surface area contributed by atoms with Crippen molar-refractivity contribution in [2.24, 2.45) is 0 Å². The summed E-state index contributed by atoms with van der Waals surface area (Å²) in [6, 6.07) is 14.5. The Balaban J connectivity index is 1.82. The first-order valence-corrected chi connectivity index (χ1v) is 7.88. The third-order valence-electron chi connectivity index (χ3n) is 3.74. The Hall–Kier alpha value is -2.24. The van der Waals surface area contributed by atoms with E-state index in [9.17, 15) is 14.7 Å². The number of carbonyl (C=O) groups is 2. The van der Waals surface area contributed by atoms with E-state index in [-0.39, 0.29) is 12.2 Å². The molecule has 0 spiro atoms. The molecule has 0 fully saturated rings. The molecule has 0 aliphatic carbocycles. The third kappa shape index (κ3) is 3.11. The zero-order valence-corrected chi connectivity index (χ0v) is 13.7. The van der Waals surface area contributed by atoms with Crippen LogP contribution in [0, 0.1) is 0 Å². The molecule has 0 saturated carbocycles. The summed E-state index contributed by atoms with van der Waals surface area (Å²) >= 11 is 3.31. The highest BCUT2D eigenvalue weighted by Gasteiger charge is 2.46. The number of ketones is 1. The van der Waals surface area contributed by atoms with Crippen molar-refractivity contribution < 1.29 is 14.7 Å². The molecule has 0 radical (unpaired) electrons. The first kappa shape index (κ1) is 15.6. The molecule has 23 heavy (non-hydrogen) atoms. The van der Waals surface area contributed by atoms with Gasteiger partial charge in [0.25, 0.3) is 5.91 Å². The van der Waals surface area contributed by atoms with Gasteiger partial charge in [-0.2, -0.15) is 0 Å². The molecule has 1 aliphatic rings. The second-order valence-corrected chi connectivity index (χ2v) is 6.31. The highest BCUT2D eigenvalue weighted by molar-refractivity contribution is 9.10. The van der Waals surface area contributed by atoms with E-state index in [2.05, 4.69) is 21.2 Å². The lowest BCUT2D eigenvalue weighted by Crippen LogP contribution is -2.36. The standard InChI is InChI=1S/C18H14BrNO3/c19-13-7-9-16-15(10-13)18(23,17(22)20-16)11-14(21)8-6-12-4-2-1-3-5-12/h1-10,23H,11H2,(H,20,22)/b8-6-/t18-/m0/s1. The van der Waals surface area contributed by atoms with E-state index in [4.69, 9.17) is 0 Å². The summed E-state index contributed by atoms with van der Waals surface area (Å²) in [5, 5.41) is 13.3. The highest BCUT2D eigenvalue weighted by atomic mass is 79.9. The first-order chi connectivity index (χ1) is 11.0. The number of anilines is 1. The van der Waals surface area contributed by atoms with Crippen molar-refractivity contribution in [1.29, 1.82) is 0 Å². The van der Waals surface area contributed by atoms with Crippen LogP contribution in [-0.4, -0.2) is 16.8 Å². The number of hydrogen-bond donors (Lipinski definition) is 2. The van der Waals surface area contributed by atoms with Gasteiger partial charge in [0.2, 0.25) is 0 Å². The van der Waals surface area contributed by atoms with Crippen LogP contribution in [0.2, 0.25) is 0 Å². The van der Waals surface area contributed by atoms with E-state index < -0.39 is 11.5 Å². The van der Waals surface area contributed by atoms with Gasteiger partial charge >= 0.3 is 0 Å². The predicted octanol–water partition coefficient (Wildman–Crippen LogP) is 3.26. The van der Waals surface area contributed by atoms with E-state index in [1.165, 1.54) is 6.08 Å². The number of amides is 1. The van der Waals surface area contributed by atoms with Gasteiger partial charge in [0.15, 0.2) is 11.4 Å². The fourth-order valence-electron chi connectivity index (χ4n) is 2.56. The van der Waals surface area contributed by atoms with E-state index >= 15 is 0 Å². The molecular formula is C18H14BrNO3. The fourth-order valence-corrected chi connectivity index (χ4v) is 2.92. The molecule has 1 heterocycles. The van der Waals surface area contributed by atoms with Crippen LogP contribution >= 0.6 is 15.9 Å². The van der Waals surface area contributed by atoms with Crippen LogP contribution in [0.3, 0.4) is 0 Å². The van der Waals surface area contributed by atoms with Crippen LogP contribution in [0.4, 0.5) is 5.69 Å². The van der Waals surface area contributed by atoms with Crippen molar-refractivity contribution in [3.05, 3.63) is 70.2 Å². The van der Waals surface area contributed by atoms with Gasteiger partial charge in [-0.3, -0.25) is 9.59 Å². The van der Waals surface area contributed by atoms with Crippen LogP contribution in [-0.2, 0) is 15.2 Å². The van der Waals surface area contributed by atoms with E-state index in [0.717, 1.165) is 10.0 Å². The number of halogens is 1. The normalized spacial score (nSPS) is 19.7. The molecule has 0 bridgehead atoms. The summed E-state index contributed by atoms with van der Waals surface area (Å²) in [6.45, 7) is 0. The van der Waals surface area contributed by atoms with Gasteiger partial charge < -0.3 is 10.4 Å². The van der Waals surface area contributed by atoms with Crippen LogP contribution < -0.4 is 5.32 Å². The Labute approximate surface area is 142 Å². The van der Waals surface area contributed by atoms with E-state index in [0.29, 0.717) is 11.3 Å². The molecule has 5 heteroatoms. The third-order valence-corrected chi connectivity index (χ3v) is 4.24. The maximum atomic E-state index is 12.2. The lowest BCUT2D eigenvalue weighted by Gasteiger charge is -2.19. The molecule has 0 unspecified atom stereocenters. The topological polar surface area (TPSA) is 66.4 Å². The first-order valence-electron chi connectivity index (χ1n) is 7.09. The van der Waals surface area contributed by atoms with Crippen molar-refractivity contribution in [1.82, 2.24) is 0 Å². The maximum absolute atomic E-state index is 12.2. The predicted molar refractivity (Wildman–Crippen MR) is 91.8 cm³/mol. The van der Waals surface area contributed by atoms with Gasteiger partial charge in [0, 0.05) is 15.7 Å². The van der Waals surface area contributed by atoms with Gasteiger partial charge in [-0.05, 0) is 29.8 Å². The number of fused-ring (bicyclic) bond motifs is 1. The smallest absolute Gasteiger partial charge is 0.261 e. The largest absolute Gasteiger partial charge is 0.375 e. The number of hydrogen-bond acceptors (Lipinski definition) is 3. The quantitative estimate of drug-likeness (QED) is 0.810. The van der Waals surface area contributed by atoms with Crippen molar-refractivity contribution >= 4 is 39.4 Å². The Kier molecular flexibility index (Phi) is 4.15. The van der Waals surface area contributed by atoms with Crippen LogP contribution in [0.1, 0.15) is 17.5 Å². The van der Waals surface area contributed by atoms with Crippen LogP contribution in [0.25, 0.3) is 6.08 Å². The molecule has 1 aliphatic heterocycles. The van der Waals surface area contributed by atoms with Crippen molar-refractivity contribution in [3.63, 3.8) is 0 Å². The molecule has 116 valence electrons. The summed E-state index contributed by atoms with van der Waals surface area (Å²) < 4.78 is 0.735. The number of benzene rings is 2. The minimum Gasteiger partial charge on any atom is -0.375 e. The van der Waals surface area contributed by atoms with E-state index in [1.807, 2.05) is 30.3 Å². The Morgan fingerprint density at radius 1 is 1.22 bits per heavy atom. The second-order valence-electron chi connectivity index (χ2n) is 5.39. The lowest BCUT2D eigenvalue weighted by molar-refractivity contribution is -0.138. The number of aliphatic hydroxyl groups is 1. The molecule has 0 aromatic heterocycles. The van der Waals surface area contributed by atoms with Crippen LogP contribution in [0.5, 0.6) is 0 Å². The van der Waals surface area contributed by atoms with Crippen LogP contribution in [0.15, 0.2) is 59.1 Å². The van der Waals surface area contributed by atoms with Gasteiger partial charge in [0.05, 0.1) is 6.42 Å². The average molecular weight is 372 g/mol. The molecule has 2 N–H and O–H groups in total. The SMILES string of the molecule is O=C(/C=C\c1ccccc1)C[C@@]1(O)C(=O)Nc2ccc(Br)cc21. The summed E-state index contributed by atoms with van der Waals surface area (Å²) in [5.74, 6) is -0.897. The zero-order valence-electron chi connectivity index (χ0n) is 12.1. The van der Waals surface area contributed by atoms with Gasteiger partial charge in [-0.15, -0.1) is 0 Å².